The van der Waals surface area contributed by atoms with Crippen LogP contribution in [0, 0.1) is 0 Å². The van der Waals surface area contributed by atoms with Crippen LogP contribution in [-0.4, -0.2) is 48.5 Å². The summed E-state index contributed by atoms with van der Waals surface area (Å²) >= 11 is 6.79. The molecule has 1 aliphatic heterocycles. The molecule has 0 unspecified atom stereocenters. The van der Waals surface area contributed by atoms with Crippen molar-refractivity contribution < 1.29 is 4.79 Å². The minimum atomic E-state index is -0.305. The molecule has 4 N–H and O–H groups in total. The highest BCUT2D eigenvalue weighted by Gasteiger charge is 2.26. The van der Waals surface area contributed by atoms with Crippen LogP contribution in [0.1, 0.15) is 29.2 Å². The van der Waals surface area contributed by atoms with E-state index in [1.54, 1.807) is 53.5 Å². The van der Waals surface area contributed by atoms with Gasteiger partial charge in [-0.3, -0.25) is 14.2 Å². The Morgan fingerprint density at radius 1 is 1.18 bits per heavy atom. The molecule has 11 heteroatoms. The van der Waals surface area contributed by atoms with Crippen molar-refractivity contribution in [3.05, 3.63) is 71.8 Å². The number of aryl methyl sites for hydroxylation is 1. The first kappa shape index (κ1) is 24.1. The van der Waals surface area contributed by atoms with E-state index >= 15 is 0 Å². The number of nitrogens with zero attached hydrogens (tertiary/aromatic N) is 6. The molecule has 192 valence electrons. The molecule has 38 heavy (non-hydrogen) atoms. The highest BCUT2D eigenvalue weighted by Crippen LogP contribution is 2.41. The summed E-state index contributed by atoms with van der Waals surface area (Å²) in [6.45, 7) is 1.78. The topological polar surface area (TPSA) is 129 Å². The van der Waals surface area contributed by atoms with Gasteiger partial charge >= 0.3 is 0 Å². The zero-order chi connectivity index (χ0) is 26.2. The van der Waals surface area contributed by atoms with Gasteiger partial charge in [0.05, 0.1) is 28.2 Å². The molecule has 1 saturated heterocycles. The molecule has 1 aromatic carbocycles. The molecular weight excluding hydrogens is 502 g/mol. The lowest BCUT2D eigenvalue weighted by Crippen LogP contribution is -2.32. The Morgan fingerprint density at radius 2 is 2.08 bits per heavy atom. The lowest BCUT2D eigenvalue weighted by atomic mass is 10.0. The number of amides is 1. The Bertz CT molecular complexity index is 1640. The standard InChI is InChI=1S/C27H26ClN9O/c1-36-15-17(12-33-36)20-14-32-26(29)23-24(35-37(25(20)23)18-5-4-9-30-13-18)19-8-7-16(11-21(19)28)27(38)34-22-6-2-3-10-31-22/h2-3,6-8,10-12,14-15,18,30H,4-5,9,13H2,1H3,(H2,29,32)(H,31,34,38)/t18-/m1/s1. The molecule has 0 radical (unpaired) electrons. The van der Waals surface area contributed by atoms with Crippen LogP contribution in [0.15, 0.2) is 61.2 Å². The highest BCUT2D eigenvalue weighted by atomic mass is 35.5. The minimum Gasteiger partial charge on any atom is -0.383 e. The molecule has 6 rings (SSSR count). The van der Waals surface area contributed by atoms with Gasteiger partial charge in [-0.2, -0.15) is 10.2 Å². The Morgan fingerprint density at radius 3 is 2.79 bits per heavy atom. The molecule has 0 saturated carbocycles. The molecule has 1 fully saturated rings. The first-order valence-electron chi connectivity index (χ1n) is 12.4. The second-order valence-electron chi connectivity index (χ2n) is 9.34. The van der Waals surface area contributed by atoms with Crippen LogP contribution in [0.5, 0.6) is 0 Å². The fraction of sp³-hybridized carbons (Fsp3) is 0.222. The molecule has 0 spiro atoms. The monoisotopic (exact) mass is 527 g/mol. The summed E-state index contributed by atoms with van der Waals surface area (Å²) in [7, 11) is 1.88. The Hall–Kier alpha value is -4.28. The second kappa shape index (κ2) is 9.88. The van der Waals surface area contributed by atoms with Crippen molar-refractivity contribution >= 4 is 40.0 Å². The molecule has 1 amide bonds. The zero-order valence-electron chi connectivity index (χ0n) is 20.7. The summed E-state index contributed by atoms with van der Waals surface area (Å²) in [5.41, 5.74) is 10.9. The average molecular weight is 528 g/mol. The van der Waals surface area contributed by atoms with Gasteiger partial charge in [-0.05, 0) is 43.7 Å². The molecule has 1 atom stereocenters. The molecule has 5 aromatic rings. The minimum absolute atomic E-state index is 0.138. The zero-order valence-corrected chi connectivity index (χ0v) is 21.5. The summed E-state index contributed by atoms with van der Waals surface area (Å²) < 4.78 is 3.81. The Kier molecular flexibility index (Phi) is 6.26. The van der Waals surface area contributed by atoms with Crippen molar-refractivity contribution in [1.29, 1.82) is 0 Å². The van der Waals surface area contributed by atoms with E-state index in [4.69, 9.17) is 22.4 Å². The van der Waals surface area contributed by atoms with Crippen LogP contribution in [0.3, 0.4) is 0 Å². The third kappa shape index (κ3) is 4.37. The van der Waals surface area contributed by atoms with E-state index < -0.39 is 0 Å². The number of anilines is 2. The number of fused-ring (bicyclic) bond motifs is 1. The number of carbonyl (C=O) groups excluding carboxylic acids is 1. The van der Waals surface area contributed by atoms with Crippen LogP contribution < -0.4 is 16.4 Å². The van der Waals surface area contributed by atoms with Crippen LogP contribution in [0.25, 0.3) is 33.3 Å². The normalized spacial score (nSPS) is 15.6. The van der Waals surface area contributed by atoms with E-state index in [9.17, 15) is 4.79 Å². The van der Waals surface area contributed by atoms with Crippen molar-refractivity contribution in [3.63, 3.8) is 0 Å². The largest absolute Gasteiger partial charge is 0.383 e. The van der Waals surface area contributed by atoms with E-state index in [1.165, 1.54) is 0 Å². The first-order valence-corrected chi connectivity index (χ1v) is 12.8. The Balaban J connectivity index is 1.48. The summed E-state index contributed by atoms with van der Waals surface area (Å²) in [4.78, 5) is 21.5. The molecular formula is C27H26ClN9O. The predicted molar refractivity (Wildman–Crippen MR) is 148 cm³/mol. The van der Waals surface area contributed by atoms with Crippen molar-refractivity contribution in [1.82, 2.24) is 34.8 Å². The van der Waals surface area contributed by atoms with Gasteiger partial charge in [0.25, 0.3) is 5.91 Å². The van der Waals surface area contributed by atoms with E-state index in [0.29, 0.717) is 33.5 Å². The highest BCUT2D eigenvalue weighted by molar-refractivity contribution is 6.34. The van der Waals surface area contributed by atoms with E-state index in [0.717, 1.165) is 48.0 Å². The summed E-state index contributed by atoms with van der Waals surface area (Å²) in [6, 6.07) is 10.6. The molecule has 0 aliphatic carbocycles. The number of nitrogen functional groups attached to an aromatic ring is 1. The summed E-state index contributed by atoms with van der Waals surface area (Å²) in [5.74, 6) is 0.525. The molecule has 10 nitrogen and oxygen atoms in total. The maximum Gasteiger partial charge on any atom is 0.256 e. The lowest BCUT2D eigenvalue weighted by Gasteiger charge is -2.24. The van der Waals surface area contributed by atoms with E-state index in [1.807, 2.05) is 19.4 Å². The number of hydrogen-bond donors (Lipinski definition) is 3. The summed E-state index contributed by atoms with van der Waals surface area (Å²) in [6.07, 6.45) is 9.19. The van der Waals surface area contributed by atoms with E-state index in [-0.39, 0.29) is 11.9 Å². The van der Waals surface area contributed by atoms with Gasteiger partial charge in [0.2, 0.25) is 0 Å². The maximum absolute atomic E-state index is 12.8. The number of benzene rings is 1. The number of nitrogens with two attached hydrogens (primary N) is 1. The van der Waals surface area contributed by atoms with Crippen molar-refractivity contribution in [2.75, 3.05) is 24.1 Å². The quantitative estimate of drug-likeness (QED) is 0.310. The van der Waals surface area contributed by atoms with Crippen LogP contribution in [-0.2, 0) is 7.05 Å². The van der Waals surface area contributed by atoms with Crippen LogP contribution in [0.2, 0.25) is 5.02 Å². The van der Waals surface area contributed by atoms with Gasteiger partial charge in [0.15, 0.2) is 0 Å². The number of rotatable bonds is 5. The van der Waals surface area contributed by atoms with Gasteiger partial charge in [-0.25, -0.2) is 9.97 Å². The van der Waals surface area contributed by atoms with Gasteiger partial charge in [-0.15, -0.1) is 0 Å². The molecule has 5 heterocycles. The second-order valence-corrected chi connectivity index (χ2v) is 9.75. The number of nitrogens with one attached hydrogen (secondary N) is 2. The fourth-order valence-electron chi connectivity index (χ4n) is 4.93. The maximum atomic E-state index is 12.8. The average Bonchev–Trinajstić information content (AvgIpc) is 3.55. The molecule has 1 aliphatic rings. The number of hydrogen-bond acceptors (Lipinski definition) is 7. The SMILES string of the molecule is Cn1cc(-c2cnc(N)c3c(-c4ccc(C(=O)Nc5ccccn5)cc4Cl)nn([C@@H]4CCCNC4)c23)cn1. The van der Waals surface area contributed by atoms with Gasteiger partial charge in [-0.1, -0.05) is 23.7 Å². The third-order valence-corrected chi connectivity index (χ3v) is 7.09. The van der Waals surface area contributed by atoms with E-state index in [2.05, 4.69) is 30.4 Å². The Labute approximate surface area is 223 Å². The third-order valence-electron chi connectivity index (χ3n) is 6.78. The van der Waals surface area contributed by atoms with Crippen LogP contribution >= 0.6 is 11.6 Å². The molecule has 0 bridgehead atoms. The van der Waals surface area contributed by atoms with Gasteiger partial charge in [0.1, 0.15) is 17.3 Å². The van der Waals surface area contributed by atoms with Gasteiger partial charge in [0, 0.05) is 54.4 Å². The summed E-state index contributed by atoms with van der Waals surface area (Å²) in [5, 5.41) is 16.8. The lowest BCUT2D eigenvalue weighted by molar-refractivity contribution is 0.102. The van der Waals surface area contributed by atoms with Crippen LogP contribution in [0.4, 0.5) is 11.6 Å². The number of aromatic nitrogens is 6. The molecule has 4 aromatic heterocycles. The van der Waals surface area contributed by atoms with Crippen molar-refractivity contribution in [2.45, 2.75) is 18.9 Å². The number of halogens is 1. The smallest absolute Gasteiger partial charge is 0.256 e. The van der Waals surface area contributed by atoms with Crippen molar-refractivity contribution in [3.8, 4) is 22.4 Å². The number of piperidine rings is 1. The first-order chi connectivity index (χ1) is 18.5. The van der Waals surface area contributed by atoms with Gasteiger partial charge < -0.3 is 16.4 Å². The number of carbonyl (C=O) groups is 1. The van der Waals surface area contributed by atoms with Crippen molar-refractivity contribution in [2.24, 2.45) is 7.05 Å². The fourth-order valence-corrected chi connectivity index (χ4v) is 5.21. The number of pyridine rings is 2. The predicted octanol–water partition coefficient (Wildman–Crippen LogP) is 4.31.